The third-order valence-electron chi connectivity index (χ3n) is 1.37. The molecule has 0 aliphatic heterocycles. The smallest absolute Gasteiger partial charge is 0.0954 e. The molecule has 0 aliphatic carbocycles. The van der Waals surface area contributed by atoms with Crippen molar-refractivity contribution in [2.24, 2.45) is 0 Å². The molecule has 0 heterocycles. The maximum Gasteiger partial charge on any atom is 0.0954 e. The SMILES string of the molecule is C=C(NC)Nc1ccccc1. The fourth-order valence-electron chi connectivity index (χ4n) is 0.758. The van der Waals surface area contributed by atoms with E-state index in [0.717, 1.165) is 11.5 Å². The Morgan fingerprint density at radius 3 is 2.45 bits per heavy atom. The first-order valence-corrected chi connectivity index (χ1v) is 3.51. The number of nitrogens with one attached hydrogen (secondary N) is 2. The number of anilines is 1. The van der Waals surface area contributed by atoms with Gasteiger partial charge in [0.2, 0.25) is 0 Å². The van der Waals surface area contributed by atoms with Gasteiger partial charge in [0.1, 0.15) is 0 Å². The third kappa shape index (κ3) is 2.34. The van der Waals surface area contributed by atoms with Gasteiger partial charge < -0.3 is 10.6 Å². The Morgan fingerprint density at radius 1 is 1.27 bits per heavy atom. The molecule has 0 amide bonds. The maximum atomic E-state index is 3.75. The highest BCUT2D eigenvalue weighted by Gasteiger charge is 1.88. The fraction of sp³-hybridized carbons (Fsp3) is 0.111. The summed E-state index contributed by atoms with van der Waals surface area (Å²) < 4.78 is 0. The van der Waals surface area contributed by atoms with Crippen molar-refractivity contribution in [1.82, 2.24) is 5.32 Å². The van der Waals surface area contributed by atoms with Crippen molar-refractivity contribution in [3.05, 3.63) is 42.7 Å². The highest BCUT2D eigenvalue weighted by atomic mass is 15.1. The predicted octanol–water partition coefficient (Wildman–Crippen LogP) is 1.79. The highest BCUT2D eigenvalue weighted by molar-refractivity contribution is 5.46. The minimum absolute atomic E-state index is 0.802. The van der Waals surface area contributed by atoms with Crippen LogP contribution in [0.2, 0.25) is 0 Å². The molecule has 2 nitrogen and oxygen atoms in total. The molecular formula is C9H12N2. The quantitative estimate of drug-likeness (QED) is 0.682. The molecule has 11 heavy (non-hydrogen) atoms. The predicted molar refractivity (Wildman–Crippen MR) is 48.3 cm³/mol. The normalized spacial score (nSPS) is 8.82. The molecule has 0 aliphatic rings. The first-order valence-electron chi connectivity index (χ1n) is 3.51. The summed E-state index contributed by atoms with van der Waals surface area (Å²) in [5, 5.41) is 5.99. The minimum atomic E-state index is 0.802. The van der Waals surface area contributed by atoms with Crippen LogP contribution in [-0.2, 0) is 0 Å². The third-order valence-corrected chi connectivity index (χ3v) is 1.37. The summed E-state index contributed by atoms with van der Waals surface area (Å²) >= 11 is 0. The number of benzene rings is 1. The average Bonchev–Trinajstić information content (AvgIpc) is 2.06. The van der Waals surface area contributed by atoms with E-state index in [4.69, 9.17) is 0 Å². The summed E-state index contributed by atoms with van der Waals surface area (Å²) in [6, 6.07) is 9.91. The fourth-order valence-corrected chi connectivity index (χ4v) is 0.758. The van der Waals surface area contributed by atoms with Crippen LogP contribution in [0.15, 0.2) is 42.7 Å². The van der Waals surface area contributed by atoms with Gasteiger partial charge in [-0.2, -0.15) is 0 Å². The van der Waals surface area contributed by atoms with E-state index in [2.05, 4.69) is 17.2 Å². The van der Waals surface area contributed by atoms with Crippen molar-refractivity contribution in [3.8, 4) is 0 Å². The van der Waals surface area contributed by atoms with Gasteiger partial charge in [0.15, 0.2) is 0 Å². The molecule has 1 aromatic carbocycles. The van der Waals surface area contributed by atoms with E-state index in [-0.39, 0.29) is 0 Å². The molecule has 0 unspecified atom stereocenters. The molecule has 0 spiro atoms. The van der Waals surface area contributed by atoms with E-state index in [0.29, 0.717) is 0 Å². The van der Waals surface area contributed by atoms with Crippen LogP contribution in [-0.4, -0.2) is 7.05 Å². The van der Waals surface area contributed by atoms with E-state index in [1.807, 2.05) is 37.4 Å². The van der Waals surface area contributed by atoms with E-state index in [9.17, 15) is 0 Å². The molecule has 0 aromatic heterocycles. The molecular weight excluding hydrogens is 136 g/mol. The van der Waals surface area contributed by atoms with Crippen LogP contribution in [0.3, 0.4) is 0 Å². The van der Waals surface area contributed by atoms with Gasteiger partial charge in [-0.05, 0) is 12.1 Å². The molecule has 58 valence electrons. The summed E-state index contributed by atoms with van der Waals surface area (Å²) in [7, 11) is 1.83. The summed E-state index contributed by atoms with van der Waals surface area (Å²) in [4.78, 5) is 0. The Morgan fingerprint density at radius 2 is 1.91 bits per heavy atom. The molecule has 0 radical (unpaired) electrons. The van der Waals surface area contributed by atoms with Crippen LogP contribution in [0, 0.1) is 0 Å². The summed E-state index contributed by atoms with van der Waals surface area (Å²) in [5.74, 6) is 0.802. The second-order valence-electron chi connectivity index (χ2n) is 2.22. The second-order valence-corrected chi connectivity index (χ2v) is 2.22. The van der Waals surface area contributed by atoms with Gasteiger partial charge in [0.25, 0.3) is 0 Å². The van der Waals surface area contributed by atoms with E-state index < -0.39 is 0 Å². The molecule has 0 atom stereocenters. The van der Waals surface area contributed by atoms with Crippen LogP contribution in [0.25, 0.3) is 0 Å². The molecule has 0 fully saturated rings. The standard InChI is InChI=1S/C9H12N2/c1-8(10-2)11-9-6-4-3-5-7-9/h3-7,10-11H,1H2,2H3. The first kappa shape index (κ1) is 7.66. The molecule has 1 aromatic rings. The van der Waals surface area contributed by atoms with Gasteiger partial charge in [-0.15, -0.1) is 0 Å². The largest absolute Gasteiger partial charge is 0.375 e. The summed E-state index contributed by atoms with van der Waals surface area (Å²) in [6.45, 7) is 3.75. The van der Waals surface area contributed by atoms with E-state index in [1.165, 1.54) is 0 Å². The Labute approximate surface area is 66.9 Å². The molecule has 2 heteroatoms. The molecule has 1 rings (SSSR count). The lowest BCUT2D eigenvalue weighted by molar-refractivity contribution is 1.00. The number of para-hydroxylation sites is 1. The average molecular weight is 148 g/mol. The lowest BCUT2D eigenvalue weighted by Gasteiger charge is -2.07. The molecule has 2 N–H and O–H groups in total. The molecule has 0 saturated heterocycles. The van der Waals surface area contributed by atoms with Crippen LogP contribution < -0.4 is 10.6 Å². The maximum absolute atomic E-state index is 3.75. The first-order chi connectivity index (χ1) is 5.33. The summed E-state index contributed by atoms with van der Waals surface area (Å²) in [5.41, 5.74) is 1.05. The number of hydrogen-bond acceptors (Lipinski definition) is 2. The van der Waals surface area contributed by atoms with Crippen molar-refractivity contribution >= 4 is 5.69 Å². The Kier molecular flexibility index (Phi) is 2.55. The van der Waals surface area contributed by atoms with E-state index in [1.54, 1.807) is 0 Å². The minimum Gasteiger partial charge on any atom is -0.375 e. The van der Waals surface area contributed by atoms with Crippen molar-refractivity contribution in [2.75, 3.05) is 12.4 Å². The van der Waals surface area contributed by atoms with Crippen LogP contribution in [0.5, 0.6) is 0 Å². The van der Waals surface area contributed by atoms with Gasteiger partial charge in [0.05, 0.1) is 5.82 Å². The lowest BCUT2D eigenvalue weighted by Crippen LogP contribution is -2.12. The number of hydrogen-bond donors (Lipinski definition) is 2. The van der Waals surface area contributed by atoms with Crippen molar-refractivity contribution < 1.29 is 0 Å². The lowest BCUT2D eigenvalue weighted by atomic mass is 10.3. The van der Waals surface area contributed by atoms with Gasteiger partial charge in [-0.1, -0.05) is 24.8 Å². The van der Waals surface area contributed by atoms with Crippen molar-refractivity contribution in [3.63, 3.8) is 0 Å². The zero-order valence-corrected chi connectivity index (χ0v) is 6.59. The van der Waals surface area contributed by atoms with Crippen LogP contribution >= 0.6 is 0 Å². The zero-order valence-electron chi connectivity index (χ0n) is 6.59. The topological polar surface area (TPSA) is 24.1 Å². The zero-order chi connectivity index (χ0) is 8.10. The van der Waals surface area contributed by atoms with Crippen LogP contribution in [0.1, 0.15) is 0 Å². The van der Waals surface area contributed by atoms with Gasteiger partial charge in [-0.3, -0.25) is 0 Å². The van der Waals surface area contributed by atoms with Gasteiger partial charge in [0, 0.05) is 12.7 Å². The Hall–Kier alpha value is -1.44. The van der Waals surface area contributed by atoms with Gasteiger partial charge in [-0.25, -0.2) is 0 Å². The summed E-state index contributed by atoms with van der Waals surface area (Å²) in [6.07, 6.45) is 0. The highest BCUT2D eigenvalue weighted by Crippen LogP contribution is 2.05. The van der Waals surface area contributed by atoms with Crippen molar-refractivity contribution in [1.29, 1.82) is 0 Å². The number of rotatable bonds is 3. The second kappa shape index (κ2) is 3.66. The Bertz CT molecular complexity index is 229. The van der Waals surface area contributed by atoms with Crippen LogP contribution in [0.4, 0.5) is 5.69 Å². The van der Waals surface area contributed by atoms with Gasteiger partial charge >= 0.3 is 0 Å². The monoisotopic (exact) mass is 148 g/mol. The molecule has 0 saturated carbocycles. The molecule has 0 bridgehead atoms. The Balaban J connectivity index is 2.58. The van der Waals surface area contributed by atoms with E-state index >= 15 is 0 Å². The van der Waals surface area contributed by atoms with Crippen molar-refractivity contribution in [2.45, 2.75) is 0 Å².